The largest absolute Gasteiger partial charge is 0.394 e. The van der Waals surface area contributed by atoms with E-state index in [0.717, 1.165) is 4.57 Å². The Labute approximate surface area is 102 Å². The number of hydrogen-bond acceptors (Lipinski definition) is 7. The number of anilines is 1. The van der Waals surface area contributed by atoms with E-state index in [1.807, 2.05) is 0 Å². The first-order valence-corrected chi connectivity index (χ1v) is 5.34. The van der Waals surface area contributed by atoms with Crippen molar-refractivity contribution in [1.29, 1.82) is 0 Å². The highest BCUT2D eigenvalue weighted by molar-refractivity contribution is 5.93. The fourth-order valence-electron chi connectivity index (χ4n) is 1.84. The molecule has 0 amide bonds. The highest BCUT2D eigenvalue weighted by Crippen LogP contribution is 2.25. The second-order valence-corrected chi connectivity index (χ2v) is 3.85. The van der Waals surface area contributed by atoms with Crippen LogP contribution in [0.15, 0.2) is 22.1 Å². The van der Waals surface area contributed by atoms with Gasteiger partial charge < -0.3 is 20.7 Å². The van der Waals surface area contributed by atoms with Crippen molar-refractivity contribution in [2.45, 2.75) is 18.4 Å². The van der Waals surface area contributed by atoms with Crippen LogP contribution >= 0.6 is 0 Å². The van der Waals surface area contributed by atoms with Crippen molar-refractivity contribution in [3.63, 3.8) is 0 Å². The van der Waals surface area contributed by atoms with Crippen molar-refractivity contribution in [3.8, 4) is 0 Å². The molecule has 1 aliphatic rings. The van der Waals surface area contributed by atoms with Crippen LogP contribution in [0, 0.1) is 0 Å². The Morgan fingerprint density at radius 3 is 2.94 bits per heavy atom. The summed E-state index contributed by atoms with van der Waals surface area (Å²) in [5, 5.41) is 18.9. The molecule has 2 heterocycles. The van der Waals surface area contributed by atoms with Gasteiger partial charge in [0.05, 0.1) is 12.3 Å². The quantitative estimate of drug-likeness (QED) is 0.569. The molecule has 1 aliphatic heterocycles. The Morgan fingerprint density at radius 2 is 2.39 bits per heavy atom. The molecule has 0 aromatic carbocycles. The number of aliphatic hydroxyl groups is 2. The molecule has 0 radical (unpaired) electrons. The lowest BCUT2D eigenvalue weighted by molar-refractivity contribution is -0.0440. The predicted octanol–water partition coefficient (Wildman–Crippen LogP) is -1.85. The monoisotopic (exact) mass is 254 g/mol. The van der Waals surface area contributed by atoms with Crippen molar-refractivity contribution in [3.05, 3.63) is 22.7 Å². The highest BCUT2D eigenvalue weighted by Gasteiger charge is 2.41. The van der Waals surface area contributed by atoms with Crippen molar-refractivity contribution in [1.82, 2.24) is 9.55 Å². The minimum absolute atomic E-state index is 0.100. The van der Waals surface area contributed by atoms with Gasteiger partial charge in [-0.3, -0.25) is 9.56 Å². The van der Waals surface area contributed by atoms with Gasteiger partial charge in [-0.25, -0.2) is 4.79 Å². The van der Waals surface area contributed by atoms with Crippen LogP contribution in [0.5, 0.6) is 0 Å². The van der Waals surface area contributed by atoms with E-state index in [1.165, 1.54) is 19.3 Å². The molecule has 8 heteroatoms. The van der Waals surface area contributed by atoms with Gasteiger partial charge in [0.15, 0.2) is 6.23 Å². The first-order valence-electron chi connectivity index (χ1n) is 5.34. The molecule has 98 valence electrons. The summed E-state index contributed by atoms with van der Waals surface area (Å²) in [6.07, 6.45) is -1.32. The van der Waals surface area contributed by atoms with Crippen LogP contribution in [0.3, 0.4) is 0 Å². The van der Waals surface area contributed by atoms with E-state index >= 15 is 0 Å². The van der Waals surface area contributed by atoms with Crippen molar-refractivity contribution >= 4 is 11.5 Å². The number of nitrogens with two attached hydrogens (primary N) is 1. The Bertz CT molecular complexity index is 527. The summed E-state index contributed by atoms with van der Waals surface area (Å²) in [6, 6.07) is 1.44. The summed E-state index contributed by atoms with van der Waals surface area (Å²) in [6.45, 7) is -0.367. The van der Waals surface area contributed by atoms with Crippen molar-refractivity contribution in [2.75, 3.05) is 19.4 Å². The van der Waals surface area contributed by atoms with E-state index in [0.29, 0.717) is 0 Å². The molecule has 1 fully saturated rings. The Balaban J connectivity index is 2.41. The summed E-state index contributed by atoms with van der Waals surface area (Å²) in [4.78, 5) is 19.2. The van der Waals surface area contributed by atoms with Gasteiger partial charge in [0.1, 0.15) is 18.0 Å². The molecule has 3 atom stereocenters. The molecule has 0 bridgehead atoms. The van der Waals surface area contributed by atoms with Gasteiger partial charge in [-0.2, -0.15) is 4.98 Å². The number of nitrogen functional groups attached to an aromatic ring is 1. The van der Waals surface area contributed by atoms with Crippen LogP contribution in [-0.4, -0.2) is 51.3 Å². The lowest BCUT2D eigenvalue weighted by Gasteiger charge is -2.14. The number of aromatic nitrogens is 2. The Morgan fingerprint density at radius 1 is 1.67 bits per heavy atom. The fourth-order valence-corrected chi connectivity index (χ4v) is 1.84. The summed E-state index contributed by atoms with van der Waals surface area (Å²) < 4.78 is 6.55. The molecule has 1 aromatic heterocycles. The second kappa shape index (κ2) is 4.84. The van der Waals surface area contributed by atoms with Gasteiger partial charge in [-0.1, -0.05) is 0 Å². The molecule has 1 saturated heterocycles. The molecule has 0 spiro atoms. The van der Waals surface area contributed by atoms with Crippen LogP contribution in [0.2, 0.25) is 0 Å². The molecular weight excluding hydrogens is 240 g/mol. The topological polar surface area (TPSA) is 123 Å². The summed E-state index contributed by atoms with van der Waals surface area (Å²) >= 11 is 0. The molecule has 1 unspecified atom stereocenters. The average molecular weight is 254 g/mol. The van der Waals surface area contributed by atoms with Crippen LogP contribution < -0.4 is 11.4 Å². The lowest BCUT2D eigenvalue weighted by atomic mass is 10.1. The first-order chi connectivity index (χ1) is 8.58. The van der Waals surface area contributed by atoms with Gasteiger partial charge in [0.25, 0.3) is 0 Å². The third kappa shape index (κ3) is 2.01. The fraction of sp³-hybridized carbons (Fsp3) is 0.500. The summed E-state index contributed by atoms with van der Waals surface area (Å²) in [7, 11) is 1.48. The standard InChI is InChI=1S/C10H14N4O4/c1-12-7-8(16)5(4-15)18-9(7)14-3-2-6(11)13-10(14)17/h2-3,5,8-9,15-16H,4H2,1H3,(H2,11,13,17)/t5?,8-,9-/m1/s1. The smallest absolute Gasteiger partial charge is 0.351 e. The normalized spacial score (nSPS) is 29.9. The van der Waals surface area contributed by atoms with Crippen LogP contribution in [0.25, 0.3) is 0 Å². The van der Waals surface area contributed by atoms with E-state index in [4.69, 9.17) is 15.6 Å². The number of rotatable bonds is 2. The van der Waals surface area contributed by atoms with E-state index in [2.05, 4.69) is 9.98 Å². The van der Waals surface area contributed by atoms with Crippen molar-refractivity contribution in [2.24, 2.45) is 4.99 Å². The average Bonchev–Trinajstić information content (AvgIpc) is 2.65. The zero-order chi connectivity index (χ0) is 13.3. The maximum atomic E-state index is 11.7. The van der Waals surface area contributed by atoms with E-state index < -0.39 is 24.1 Å². The lowest BCUT2D eigenvalue weighted by Crippen LogP contribution is -2.32. The zero-order valence-electron chi connectivity index (χ0n) is 9.72. The van der Waals surface area contributed by atoms with Crippen LogP contribution in [0.1, 0.15) is 6.23 Å². The minimum atomic E-state index is -1.05. The Hall–Kier alpha value is -1.77. The molecule has 0 saturated carbocycles. The molecule has 8 nitrogen and oxygen atoms in total. The maximum Gasteiger partial charge on any atom is 0.351 e. The predicted molar refractivity (Wildman–Crippen MR) is 63.3 cm³/mol. The third-order valence-electron chi connectivity index (χ3n) is 2.75. The number of hydrogen-bond donors (Lipinski definition) is 3. The summed E-state index contributed by atoms with van der Waals surface area (Å²) in [5.41, 5.74) is 5.05. The third-order valence-corrected chi connectivity index (χ3v) is 2.75. The Kier molecular flexibility index (Phi) is 3.41. The molecule has 4 N–H and O–H groups in total. The highest BCUT2D eigenvalue weighted by atomic mass is 16.5. The minimum Gasteiger partial charge on any atom is -0.394 e. The number of ether oxygens (including phenoxy) is 1. The first kappa shape index (κ1) is 12.7. The molecule has 0 aliphatic carbocycles. The number of aliphatic imine (C=N–C) groups is 1. The van der Waals surface area contributed by atoms with Gasteiger partial charge in [-0.05, 0) is 6.07 Å². The SMILES string of the molecule is CN=C1[C@H](n2ccc(N)nc2=O)OC(CO)[C@H]1O. The zero-order valence-corrected chi connectivity index (χ0v) is 9.72. The second-order valence-electron chi connectivity index (χ2n) is 3.85. The van der Waals surface area contributed by atoms with Gasteiger partial charge >= 0.3 is 5.69 Å². The van der Waals surface area contributed by atoms with Gasteiger partial charge in [0, 0.05) is 13.2 Å². The van der Waals surface area contributed by atoms with E-state index in [-0.39, 0.29) is 18.1 Å². The van der Waals surface area contributed by atoms with Gasteiger partial charge in [-0.15, -0.1) is 0 Å². The molecule has 2 rings (SSSR count). The van der Waals surface area contributed by atoms with Crippen LogP contribution in [0.4, 0.5) is 5.82 Å². The van der Waals surface area contributed by atoms with Crippen LogP contribution in [-0.2, 0) is 4.74 Å². The molecular formula is C10H14N4O4. The molecule has 1 aromatic rings. The van der Waals surface area contributed by atoms with E-state index in [9.17, 15) is 9.90 Å². The number of nitrogens with zero attached hydrogens (tertiary/aromatic N) is 3. The van der Waals surface area contributed by atoms with E-state index in [1.54, 1.807) is 0 Å². The van der Waals surface area contributed by atoms with Gasteiger partial charge in [0.2, 0.25) is 0 Å². The number of aliphatic hydroxyl groups excluding tert-OH is 2. The maximum absolute atomic E-state index is 11.7. The van der Waals surface area contributed by atoms with Crippen molar-refractivity contribution < 1.29 is 14.9 Å². The summed E-state index contributed by atoms with van der Waals surface area (Å²) in [5.74, 6) is 0.100. The molecule has 18 heavy (non-hydrogen) atoms.